The molecule has 1 N–H and O–H groups in total. The Morgan fingerprint density at radius 1 is 1.15 bits per heavy atom. The summed E-state index contributed by atoms with van der Waals surface area (Å²) in [5.41, 5.74) is 2.69. The first-order valence-corrected chi connectivity index (χ1v) is 7.28. The molecule has 0 amide bonds. The molecule has 20 heavy (non-hydrogen) atoms. The Hall–Kier alpha value is -1.74. The van der Waals surface area contributed by atoms with Crippen molar-refractivity contribution >= 4 is 0 Å². The fourth-order valence-electron chi connectivity index (χ4n) is 3.68. The lowest BCUT2D eigenvalue weighted by Crippen LogP contribution is -2.21. The van der Waals surface area contributed by atoms with Gasteiger partial charge >= 0.3 is 0 Å². The SMILES string of the molecule is Fc1ncc([C@@H]2C[C@@H]3CC[C@H]2N3)cc1-c1ccccc1. The zero-order valence-corrected chi connectivity index (χ0v) is 11.2. The van der Waals surface area contributed by atoms with Gasteiger partial charge in [-0.2, -0.15) is 4.39 Å². The normalized spacial score (nSPS) is 27.9. The molecule has 2 aliphatic heterocycles. The summed E-state index contributed by atoms with van der Waals surface area (Å²) in [5.74, 6) is 0.111. The minimum Gasteiger partial charge on any atom is -0.311 e. The second-order valence-corrected chi connectivity index (χ2v) is 5.86. The van der Waals surface area contributed by atoms with Gasteiger partial charge in [0.15, 0.2) is 0 Å². The van der Waals surface area contributed by atoms with E-state index in [1.165, 1.54) is 18.4 Å². The number of hydrogen-bond acceptors (Lipinski definition) is 2. The highest BCUT2D eigenvalue weighted by atomic mass is 19.1. The van der Waals surface area contributed by atoms with Crippen molar-refractivity contribution in [3.8, 4) is 11.1 Å². The molecule has 102 valence electrons. The van der Waals surface area contributed by atoms with Gasteiger partial charge in [-0.05, 0) is 36.5 Å². The van der Waals surface area contributed by atoms with Gasteiger partial charge in [0, 0.05) is 29.8 Å². The van der Waals surface area contributed by atoms with Crippen molar-refractivity contribution in [3.05, 3.63) is 54.1 Å². The monoisotopic (exact) mass is 268 g/mol. The van der Waals surface area contributed by atoms with Crippen molar-refractivity contribution in [3.63, 3.8) is 0 Å². The van der Waals surface area contributed by atoms with Crippen molar-refractivity contribution in [1.82, 2.24) is 10.3 Å². The van der Waals surface area contributed by atoms with Gasteiger partial charge in [-0.3, -0.25) is 0 Å². The van der Waals surface area contributed by atoms with E-state index in [0.717, 1.165) is 12.0 Å². The van der Waals surface area contributed by atoms with Crippen molar-refractivity contribution < 1.29 is 4.39 Å². The number of nitrogens with one attached hydrogen (secondary N) is 1. The molecule has 0 saturated carbocycles. The van der Waals surface area contributed by atoms with Crippen LogP contribution in [0.4, 0.5) is 4.39 Å². The first kappa shape index (κ1) is 12.0. The Morgan fingerprint density at radius 3 is 2.70 bits per heavy atom. The van der Waals surface area contributed by atoms with E-state index in [1.54, 1.807) is 6.20 Å². The summed E-state index contributed by atoms with van der Waals surface area (Å²) in [7, 11) is 0. The summed E-state index contributed by atoms with van der Waals surface area (Å²) in [5, 5.41) is 3.63. The van der Waals surface area contributed by atoms with Crippen LogP contribution in [0, 0.1) is 5.95 Å². The van der Waals surface area contributed by atoms with Crippen LogP contribution < -0.4 is 5.32 Å². The quantitative estimate of drug-likeness (QED) is 0.843. The van der Waals surface area contributed by atoms with E-state index in [2.05, 4.69) is 10.3 Å². The van der Waals surface area contributed by atoms with Crippen molar-refractivity contribution in [2.24, 2.45) is 0 Å². The molecule has 3 atom stereocenters. The third-order valence-corrected chi connectivity index (χ3v) is 4.67. The van der Waals surface area contributed by atoms with Crippen LogP contribution in [-0.2, 0) is 0 Å². The molecule has 0 unspecified atom stereocenters. The van der Waals surface area contributed by atoms with E-state index in [-0.39, 0.29) is 5.95 Å². The predicted octanol–water partition coefficient (Wildman–Crippen LogP) is 3.50. The van der Waals surface area contributed by atoms with E-state index in [9.17, 15) is 4.39 Å². The van der Waals surface area contributed by atoms with Crippen molar-refractivity contribution in [1.29, 1.82) is 0 Å². The van der Waals surface area contributed by atoms with Gasteiger partial charge in [-0.15, -0.1) is 0 Å². The third kappa shape index (κ3) is 1.93. The van der Waals surface area contributed by atoms with Gasteiger partial charge in [0.25, 0.3) is 0 Å². The van der Waals surface area contributed by atoms with Crippen LogP contribution in [-0.4, -0.2) is 17.1 Å². The molecule has 3 heteroatoms. The van der Waals surface area contributed by atoms with E-state index in [1.807, 2.05) is 36.4 Å². The second kappa shape index (κ2) is 4.67. The van der Waals surface area contributed by atoms with Crippen molar-refractivity contribution in [2.45, 2.75) is 37.3 Å². The summed E-state index contributed by atoms with van der Waals surface area (Å²) in [6.45, 7) is 0. The molecule has 2 nitrogen and oxygen atoms in total. The van der Waals surface area contributed by atoms with Gasteiger partial charge in [0.05, 0.1) is 0 Å². The molecule has 2 aromatic rings. The topological polar surface area (TPSA) is 24.9 Å². The number of halogens is 1. The maximum atomic E-state index is 14.0. The highest BCUT2D eigenvalue weighted by Crippen LogP contribution is 2.40. The van der Waals surface area contributed by atoms with Crippen LogP contribution in [0.1, 0.15) is 30.7 Å². The molecule has 0 spiro atoms. The van der Waals surface area contributed by atoms with Gasteiger partial charge in [-0.1, -0.05) is 30.3 Å². The fourth-order valence-corrected chi connectivity index (χ4v) is 3.68. The molecule has 2 bridgehead atoms. The second-order valence-electron chi connectivity index (χ2n) is 5.86. The Labute approximate surface area is 118 Å². The maximum Gasteiger partial charge on any atom is 0.220 e. The molecule has 0 radical (unpaired) electrons. The van der Waals surface area contributed by atoms with Crippen LogP contribution in [0.5, 0.6) is 0 Å². The lowest BCUT2D eigenvalue weighted by molar-refractivity contribution is 0.502. The van der Waals surface area contributed by atoms with Gasteiger partial charge < -0.3 is 5.32 Å². The van der Waals surface area contributed by atoms with Crippen molar-refractivity contribution in [2.75, 3.05) is 0 Å². The van der Waals surface area contributed by atoms with Gasteiger partial charge in [0.2, 0.25) is 5.95 Å². The van der Waals surface area contributed by atoms with Crippen LogP contribution in [0.3, 0.4) is 0 Å². The molecular formula is C17H17FN2. The Morgan fingerprint density at radius 2 is 2.00 bits per heavy atom. The summed E-state index contributed by atoms with van der Waals surface area (Å²) < 4.78 is 14.0. The number of fused-ring (bicyclic) bond motifs is 2. The summed E-state index contributed by atoms with van der Waals surface area (Å²) in [4.78, 5) is 3.99. The molecule has 2 fully saturated rings. The zero-order valence-electron chi connectivity index (χ0n) is 11.2. The number of benzene rings is 1. The first-order valence-electron chi connectivity index (χ1n) is 7.28. The van der Waals surface area contributed by atoms with Crippen LogP contribution in [0.25, 0.3) is 11.1 Å². The Balaban J connectivity index is 1.72. The first-order chi connectivity index (χ1) is 9.81. The van der Waals surface area contributed by atoms with Crippen LogP contribution in [0.2, 0.25) is 0 Å². The van der Waals surface area contributed by atoms with Gasteiger partial charge in [-0.25, -0.2) is 4.98 Å². The number of pyridine rings is 1. The largest absolute Gasteiger partial charge is 0.311 e. The average molecular weight is 268 g/mol. The summed E-state index contributed by atoms with van der Waals surface area (Å²) in [6, 6.07) is 12.9. The van der Waals surface area contributed by atoms with E-state index in [4.69, 9.17) is 0 Å². The molecule has 2 aliphatic rings. The van der Waals surface area contributed by atoms with Gasteiger partial charge in [0.1, 0.15) is 0 Å². The minimum atomic E-state index is -0.379. The third-order valence-electron chi connectivity index (χ3n) is 4.67. The Bertz CT molecular complexity index is 626. The smallest absolute Gasteiger partial charge is 0.220 e. The average Bonchev–Trinajstić information content (AvgIpc) is 3.11. The maximum absolute atomic E-state index is 14.0. The Kier molecular flexibility index (Phi) is 2.81. The lowest BCUT2D eigenvalue weighted by atomic mass is 9.84. The molecular weight excluding hydrogens is 251 g/mol. The van der Waals surface area contributed by atoms with E-state index < -0.39 is 0 Å². The fraction of sp³-hybridized carbons (Fsp3) is 0.353. The van der Waals surface area contributed by atoms with Crippen LogP contribution in [0.15, 0.2) is 42.6 Å². The molecule has 1 aromatic carbocycles. The number of rotatable bonds is 2. The molecule has 1 aromatic heterocycles. The predicted molar refractivity (Wildman–Crippen MR) is 76.9 cm³/mol. The number of aromatic nitrogens is 1. The summed E-state index contributed by atoms with van der Waals surface area (Å²) in [6.07, 6.45) is 5.38. The highest BCUT2D eigenvalue weighted by molar-refractivity contribution is 5.63. The standard InChI is InChI=1S/C17H17FN2/c18-17-15(11-4-2-1-3-5-11)8-12(10-19-17)14-9-13-6-7-16(14)20-13/h1-5,8,10,13-14,16,20H,6-7,9H2/t13-,14-,16+/m0/s1. The highest BCUT2D eigenvalue weighted by Gasteiger charge is 2.39. The molecule has 3 heterocycles. The van der Waals surface area contributed by atoms with Crippen LogP contribution >= 0.6 is 0 Å². The summed E-state index contributed by atoms with van der Waals surface area (Å²) >= 11 is 0. The molecule has 2 saturated heterocycles. The minimum absolute atomic E-state index is 0.379. The molecule has 0 aliphatic carbocycles. The molecule has 4 rings (SSSR count). The van der Waals surface area contributed by atoms with E-state index in [0.29, 0.717) is 23.6 Å². The number of hydrogen-bond donors (Lipinski definition) is 1. The van der Waals surface area contributed by atoms with E-state index >= 15 is 0 Å². The lowest BCUT2D eigenvalue weighted by Gasteiger charge is -2.20. The zero-order chi connectivity index (χ0) is 13.5. The number of nitrogens with zero attached hydrogens (tertiary/aromatic N) is 1.